The number of hydrogen-bond donors (Lipinski definition) is 3. The second-order valence-electron chi connectivity index (χ2n) is 5.91. The summed E-state index contributed by atoms with van der Waals surface area (Å²) in [4.78, 5) is 21.1. The van der Waals surface area contributed by atoms with Crippen LogP contribution < -0.4 is 16.4 Å². The van der Waals surface area contributed by atoms with Gasteiger partial charge in [0.25, 0.3) is 0 Å². The lowest BCUT2D eigenvalue weighted by Gasteiger charge is -2.45. The summed E-state index contributed by atoms with van der Waals surface area (Å²) in [6.45, 7) is 0. The average molecular weight is 398 g/mol. The lowest BCUT2D eigenvalue weighted by molar-refractivity contribution is 0.0696. The quantitative estimate of drug-likeness (QED) is 0.707. The number of halogens is 2. The number of guanidine groups is 2. The van der Waals surface area contributed by atoms with Crippen LogP contribution in [0.25, 0.3) is 0 Å². The van der Waals surface area contributed by atoms with Crippen molar-refractivity contribution in [2.75, 3.05) is 4.90 Å². The van der Waals surface area contributed by atoms with Gasteiger partial charge in [0, 0.05) is 4.47 Å². The van der Waals surface area contributed by atoms with E-state index >= 15 is 0 Å². The van der Waals surface area contributed by atoms with Gasteiger partial charge in [-0.1, -0.05) is 6.42 Å². The number of carbonyl (C=O) groups is 1. The molecule has 1 spiro atoms. The zero-order valence-corrected chi connectivity index (χ0v) is 14.4. The molecule has 128 valence electrons. The zero-order chi connectivity index (χ0) is 17.5. The first-order valence-electron chi connectivity index (χ1n) is 7.56. The molecule has 2 aliphatic rings. The molecule has 0 amide bonds. The second kappa shape index (κ2) is 6.04. The smallest absolute Gasteiger partial charge is 0.335 e. The fourth-order valence-electron chi connectivity index (χ4n) is 3.35. The molecule has 0 atom stereocenters. The molecule has 7 nitrogen and oxygen atoms in total. The van der Waals surface area contributed by atoms with Crippen molar-refractivity contribution in [3.05, 3.63) is 28.0 Å². The molecule has 1 fully saturated rings. The third kappa shape index (κ3) is 2.72. The summed E-state index contributed by atoms with van der Waals surface area (Å²) < 4.78 is 15.0. The van der Waals surface area contributed by atoms with Gasteiger partial charge < -0.3 is 16.6 Å². The van der Waals surface area contributed by atoms with Crippen molar-refractivity contribution in [1.82, 2.24) is 0 Å². The van der Waals surface area contributed by atoms with E-state index in [1.165, 1.54) is 11.0 Å². The first-order chi connectivity index (χ1) is 11.3. The van der Waals surface area contributed by atoms with Crippen LogP contribution in [0, 0.1) is 5.82 Å². The Morgan fingerprint density at radius 2 is 1.96 bits per heavy atom. The van der Waals surface area contributed by atoms with Crippen molar-refractivity contribution >= 4 is 39.5 Å². The third-order valence-corrected chi connectivity index (χ3v) is 4.94. The van der Waals surface area contributed by atoms with Crippen LogP contribution in [0.5, 0.6) is 0 Å². The van der Waals surface area contributed by atoms with Gasteiger partial charge in [-0.3, -0.25) is 4.90 Å². The van der Waals surface area contributed by atoms with Gasteiger partial charge in [0.2, 0.25) is 11.9 Å². The van der Waals surface area contributed by atoms with Crippen LogP contribution in [0.15, 0.2) is 26.6 Å². The Morgan fingerprint density at radius 3 is 2.54 bits per heavy atom. The van der Waals surface area contributed by atoms with Crippen molar-refractivity contribution in [1.29, 1.82) is 0 Å². The highest BCUT2D eigenvalue weighted by molar-refractivity contribution is 9.10. The number of nitrogens with zero attached hydrogens (tertiary/aromatic N) is 3. The van der Waals surface area contributed by atoms with Crippen LogP contribution in [0.3, 0.4) is 0 Å². The number of anilines is 1. The van der Waals surface area contributed by atoms with Gasteiger partial charge >= 0.3 is 5.97 Å². The van der Waals surface area contributed by atoms with Crippen LogP contribution in [0.1, 0.15) is 42.5 Å². The number of benzene rings is 1. The maximum atomic E-state index is 14.7. The molecule has 0 saturated heterocycles. The Kier molecular flexibility index (Phi) is 4.20. The fraction of sp³-hybridized carbons (Fsp3) is 0.400. The van der Waals surface area contributed by atoms with Gasteiger partial charge in [-0.2, -0.15) is 4.99 Å². The molecular weight excluding hydrogens is 381 g/mol. The Labute approximate surface area is 146 Å². The van der Waals surface area contributed by atoms with Gasteiger partial charge in [0.05, 0.1) is 11.3 Å². The molecule has 0 radical (unpaired) electrons. The highest BCUT2D eigenvalue weighted by Gasteiger charge is 2.44. The van der Waals surface area contributed by atoms with Gasteiger partial charge in [0.15, 0.2) is 0 Å². The predicted octanol–water partition coefficient (Wildman–Crippen LogP) is 2.40. The highest BCUT2D eigenvalue weighted by Crippen LogP contribution is 2.43. The Balaban J connectivity index is 2.16. The first kappa shape index (κ1) is 16.7. The van der Waals surface area contributed by atoms with E-state index in [9.17, 15) is 9.18 Å². The highest BCUT2D eigenvalue weighted by atomic mass is 79.9. The van der Waals surface area contributed by atoms with Gasteiger partial charge in [-0.15, -0.1) is 0 Å². The molecule has 1 aliphatic carbocycles. The molecule has 5 N–H and O–H groups in total. The van der Waals surface area contributed by atoms with Crippen molar-refractivity contribution in [2.45, 2.75) is 37.8 Å². The van der Waals surface area contributed by atoms with Crippen LogP contribution >= 0.6 is 15.9 Å². The van der Waals surface area contributed by atoms with E-state index in [0.717, 1.165) is 25.3 Å². The monoisotopic (exact) mass is 397 g/mol. The standard InChI is InChI=1S/C15H17BrFN5O2/c16-9-6-8(12(23)24)7-10(17)11(9)22-14(19)20-13(18)21-15(22)4-2-1-3-5-15/h6-7H,1-5H2,(H,23,24)(H4,18,19,20,21). The van der Waals surface area contributed by atoms with Crippen molar-refractivity contribution in [3.63, 3.8) is 0 Å². The van der Waals surface area contributed by atoms with E-state index in [2.05, 4.69) is 25.9 Å². The summed E-state index contributed by atoms with van der Waals surface area (Å²) in [6.07, 6.45) is 4.21. The van der Waals surface area contributed by atoms with Gasteiger partial charge in [-0.25, -0.2) is 14.2 Å². The summed E-state index contributed by atoms with van der Waals surface area (Å²) in [7, 11) is 0. The summed E-state index contributed by atoms with van der Waals surface area (Å²) in [5, 5.41) is 9.08. The summed E-state index contributed by atoms with van der Waals surface area (Å²) in [5.74, 6) is -1.80. The molecular formula is C15H17BrFN5O2. The topological polar surface area (TPSA) is 117 Å². The van der Waals surface area contributed by atoms with E-state index in [0.29, 0.717) is 12.8 Å². The Morgan fingerprint density at radius 1 is 1.29 bits per heavy atom. The lowest BCUT2D eigenvalue weighted by atomic mass is 9.87. The molecule has 0 bridgehead atoms. The number of carboxylic acid groups (broad SMARTS) is 1. The average Bonchev–Trinajstić information content (AvgIpc) is 2.49. The normalized spacial score (nSPS) is 19.8. The van der Waals surface area contributed by atoms with E-state index in [1.54, 1.807) is 0 Å². The number of carboxylic acids is 1. The Bertz CT molecular complexity index is 735. The minimum atomic E-state index is -1.21. The number of aromatic carboxylic acids is 1. The van der Waals surface area contributed by atoms with E-state index in [-0.39, 0.29) is 27.6 Å². The molecule has 24 heavy (non-hydrogen) atoms. The lowest BCUT2D eigenvalue weighted by Crippen LogP contribution is -2.58. The molecule has 1 aromatic rings. The van der Waals surface area contributed by atoms with Crippen LogP contribution in [0.2, 0.25) is 0 Å². The number of hydrogen-bond acceptors (Lipinski definition) is 6. The Hall–Kier alpha value is -2.16. The number of aliphatic imine (C=N–C) groups is 2. The van der Waals surface area contributed by atoms with Crippen LogP contribution in [-0.4, -0.2) is 28.7 Å². The number of rotatable bonds is 2. The predicted molar refractivity (Wildman–Crippen MR) is 92.6 cm³/mol. The van der Waals surface area contributed by atoms with Crippen LogP contribution in [0.4, 0.5) is 10.1 Å². The second-order valence-corrected chi connectivity index (χ2v) is 6.77. The molecule has 1 aliphatic heterocycles. The van der Waals surface area contributed by atoms with E-state index in [4.69, 9.17) is 16.6 Å². The molecule has 3 rings (SSSR count). The van der Waals surface area contributed by atoms with Crippen molar-refractivity contribution in [3.8, 4) is 0 Å². The molecule has 0 unspecified atom stereocenters. The third-order valence-electron chi connectivity index (χ3n) is 4.34. The molecule has 1 aromatic carbocycles. The SMILES string of the molecule is NC1=NC2(CCCCC2)N(c2c(F)cc(C(=O)O)cc2Br)C(N)=N1. The largest absolute Gasteiger partial charge is 0.478 e. The maximum absolute atomic E-state index is 14.7. The van der Waals surface area contributed by atoms with Crippen LogP contribution in [-0.2, 0) is 0 Å². The summed E-state index contributed by atoms with van der Waals surface area (Å²) >= 11 is 3.26. The van der Waals surface area contributed by atoms with Crippen molar-refractivity contribution < 1.29 is 14.3 Å². The number of nitrogens with two attached hydrogens (primary N) is 2. The fourth-order valence-corrected chi connectivity index (χ4v) is 3.96. The van der Waals surface area contributed by atoms with Crippen molar-refractivity contribution in [2.24, 2.45) is 21.5 Å². The van der Waals surface area contributed by atoms with E-state index < -0.39 is 17.4 Å². The maximum Gasteiger partial charge on any atom is 0.335 e. The molecule has 1 saturated carbocycles. The summed E-state index contributed by atoms with van der Waals surface area (Å²) in [6, 6.07) is 2.31. The molecule has 0 aromatic heterocycles. The van der Waals surface area contributed by atoms with Gasteiger partial charge in [0.1, 0.15) is 11.5 Å². The van der Waals surface area contributed by atoms with E-state index in [1.807, 2.05) is 0 Å². The molecule has 9 heteroatoms. The molecule has 1 heterocycles. The summed E-state index contributed by atoms with van der Waals surface area (Å²) in [5.41, 5.74) is 11.0. The first-order valence-corrected chi connectivity index (χ1v) is 8.35. The zero-order valence-electron chi connectivity index (χ0n) is 12.8. The minimum absolute atomic E-state index is 0.0482. The van der Waals surface area contributed by atoms with Gasteiger partial charge in [-0.05, 0) is 53.7 Å². The minimum Gasteiger partial charge on any atom is -0.478 e.